The van der Waals surface area contributed by atoms with Crippen LogP contribution in [-0.4, -0.2) is 45.1 Å². The predicted octanol–water partition coefficient (Wildman–Crippen LogP) is 1.49. The van der Waals surface area contributed by atoms with Crippen LogP contribution < -0.4 is 5.32 Å². The second-order valence-electron chi connectivity index (χ2n) is 5.13. The zero-order chi connectivity index (χ0) is 14.7. The van der Waals surface area contributed by atoms with E-state index >= 15 is 0 Å². The Bertz CT molecular complexity index is 606. The first-order valence-electron chi connectivity index (χ1n) is 6.97. The van der Waals surface area contributed by atoms with Crippen molar-refractivity contribution < 1.29 is 9.32 Å². The summed E-state index contributed by atoms with van der Waals surface area (Å²) in [6.45, 7) is 3.33. The molecule has 0 aromatic carbocycles. The lowest BCUT2D eigenvalue weighted by molar-refractivity contribution is 0.0676. The van der Waals surface area contributed by atoms with Gasteiger partial charge < -0.3 is 14.7 Å². The fourth-order valence-electron chi connectivity index (χ4n) is 2.45. The maximum absolute atomic E-state index is 12.1. The Balaban J connectivity index is 1.54. The number of aromatic nitrogens is 3. The van der Waals surface area contributed by atoms with Crippen molar-refractivity contribution in [2.75, 3.05) is 18.4 Å². The van der Waals surface area contributed by atoms with Crippen LogP contribution in [0.3, 0.4) is 0 Å². The molecule has 21 heavy (non-hydrogen) atoms. The molecule has 2 aromatic heterocycles. The normalized spacial score (nSPS) is 16.0. The highest BCUT2D eigenvalue weighted by atomic mass is 16.5. The van der Waals surface area contributed by atoms with Crippen LogP contribution in [0.4, 0.5) is 5.82 Å². The van der Waals surface area contributed by atoms with Gasteiger partial charge in [-0.3, -0.25) is 4.79 Å². The third-order valence-corrected chi connectivity index (χ3v) is 3.59. The molecule has 1 saturated heterocycles. The molecule has 3 rings (SSSR count). The number of hydrogen-bond acceptors (Lipinski definition) is 6. The number of likely N-dealkylation sites (tertiary alicyclic amines) is 1. The third-order valence-electron chi connectivity index (χ3n) is 3.59. The van der Waals surface area contributed by atoms with Gasteiger partial charge in [-0.1, -0.05) is 5.16 Å². The van der Waals surface area contributed by atoms with Crippen LogP contribution in [0.15, 0.2) is 29.2 Å². The first kappa shape index (κ1) is 13.5. The Hall–Kier alpha value is -2.44. The SMILES string of the molecule is Cc1cc(NC2CCN(C(=O)c3ccno3)CC2)ncn1. The number of rotatable bonds is 3. The van der Waals surface area contributed by atoms with Crippen LogP contribution >= 0.6 is 0 Å². The van der Waals surface area contributed by atoms with Gasteiger partial charge in [-0.2, -0.15) is 0 Å². The number of carbonyl (C=O) groups is 1. The Labute approximate surface area is 122 Å². The second-order valence-corrected chi connectivity index (χ2v) is 5.13. The number of anilines is 1. The summed E-state index contributed by atoms with van der Waals surface area (Å²) in [6, 6.07) is 3.83. The van der Waals surface area contributed by atoms with E-state index in [1.165, 1.54) is 6.20 Å². The number of hydrogen-bond donors (Lipinski definition) is 1. The van der Waals surface area contributed by atoms with Crippen molar-refractivity contribution in [1.82, 2.24) is 20.0 Å². The first-order valence-corrected chi connectivity index (χ1v) is 6.97. The van der Waals surface area contributed by atoms with Gasteiger partial charge in [-0.05, 0) is 19.8 Å². The largest absolute Gasteiger partial charge is 0.367 e. The fourth-order valence-corrected chi connectivity index (χ4v) is 2.45. The highest BCUT2D eigenvalue weighted by molar-refractivity contribution is 5.91. The van der Waals surface area contributed by atoms with E-state index in [-0.39, 0.29) is 5.91 Å². The molecule has 0 radical (unpaired) electrons. The van der Waals surface area contributed by atoms with Crippen molar-refractivity contribution in [3.8, 4) is 0 Å². The van der Waals surface area contributed by atoms with Gasteiger partial charge in [-0.15, -0.1) is 0 Å². The second kappa shape index (κ2) is 5.90. The molecule has 3 heterocycles. The van der Waals surface area contributed by atoms with E-state index in [2.05, 4.69) is 20.4 Å². The fraction of sp³-hybridized carbons (Fsp3) is 0.429. The summed E-state index contributed by atoms with van der Waals surface area (Å²) < 4.78 is 4.91. The molecule has 2 aromatic rings. The number of nitrogens with one attached hydrogen (secondary N) is 1. The van der Waals surface area contributed by atoms with Crippen LogP contribution in [0.5, 0.6) is 0 Å². The van der Waals surface area contributed by atoms with E-state index in [0.29, 0.717) is 24.9 Å². The first-order chi connectivity index (χ1) is 10.2. The standard InChI is InChI=1S/C14H17N5O2/c1-10-8-13(16-9-15-10)18-11-3-6-19(7-4-11)14(20)12-2-5-17-21-12/h2,5,8-9,11H,3-4,6-7H2,1H3,(H,15,16,18). The maximum atomic E-state index is 12.1. The number of carbonyl (C=O) groups excluding carboxylic acids is 1. The van der Waals surface area contributed by atoms with E-state index in [4.69, 9.17) is 4.52 Å². The average Bonchev–Trinajstić information content (AvgIpc) is 3.01. The average molecular weight is 287 g/mol. The zero-order valence-corrected chi connectivity index (χ0v) is 11.8. The molecular weight excluding hydrogens is 270 g/mol. The molecule has 0 unspecified atom stereocenters. The smallest absolute Gasteiger partial charge is 0.292 e. The minimum absolute atomic E-state index is 0.0937. The quantitative estimate of drug-likeness (QED) is 0.920. The van der Waals surface area contributed by atoms with Crippen molar-refractivity contribution >= 4 is 11.7 Å². The molecule has 0 bridgehead atoms. The van der Waals surface area contributed by atoms with Crippen LogP contribution in [0.1, 0.15) is 29.1 Å². The molecule has 1 aliphatic heterocycles. The minimum atomic E-state index is -0.0937. The molecule has 0 spiro atoms. The highest BCUT2D eigenvalue weighted by Gasteiger charge is 2.25. The van der Waals surface area contributed by atoms with Crippen molar-refractivity contribution in [3.05, 3.63) is 36.1 Å². The molecule has 1 aliphatic rings. The van der Waals surface area contributed by atoms with E-state index in [9.17, 15) is 4.79 Å². The zero-order valence-electron chi connectivity index (χ0n) is 11.8. The lowest BCUT2D eigenvalue weighted by Crippen LogP contribution is -2.42. The van der Waals surface area contributed by atoms with Crippen molar-refractivity contribution in [2.24, 2.45) is 0 Å². The summed E-state index contributed by atoms with van der Waals surface area (Å²) in [4.78, 5) is 22.2. The number of nitrogens with zero attached hydrogens (tertiary/aromatic N) is 4. The molecule has 110 valence electrons. The summed E-state index contributed by atoms with van der Waals surface area (Å²) >= 11 is 0. The molecule has 7 nitrogen and oxygen atoms in total. The number of amides is 1. The summed E-state index contributed by atoms with van der Waals surface area (Å²) in [7, 11) is 0. The summed E-state index contributed by atoms with van der Waals surface area (Å²) in [5.74, 6) is 1.04. The maximum Gasteiger partial charge on any atom is 0.292 e. The van der Waals surface area contributed by atoms with Gasteiger partial charge >= 0.3 is 0 Å². The minimum Gasteiger partial charge on any atom is -0.367 e. The van der Waals surface area contributed by atoms with Crippen LogP contribution in [0.2, 0.25) is 0 Å². The molecular formula is C14H17N5O2. The van der Waals surface area contributed by atoms with Crippen LogP contribution in [-0.2, 0) is 0 Å². The van der Waals surface area contributed by atoms with E-state index < -0.39 is 0 Å². The van der Waals surface area contributed by atoms with E-state index in [1.807, 2.05) is 13.0 Å². The lowest BCUT2D eigenvalue weighted by atomic mass is 10.0. The molecule has 7 heteroatoms. The molecule has 1 amide bonds. The molecule has 1 fully saturated rings. The van der Waals surface area contributed by atoms with Crippen molar-refractivity contribution in [1.29, 1.82) is 0 Å². The van der Waals surface area contributed by atoms with Gasteiger partial charge in [0.25, 0.3) is 5.91 Å². The highest BCUT2D eigenvalue weighted by Crippen LogP contribution is 2.17. The Morgan fingerprint density at radius 1 is 1.38 bits per heavy atom. The topological polar surface area (TPSA) is 84.2 Å². The van der Waals surface area contributed by atoms with Crippen molar-refractivity contribution in [2.45, 2.75) is 25.8 Å². The van der Waals surface area contributed by atoms with E-state index in [1.54, 1.807) is 17.3 Å². The van der Waals surface area contributed by atoms with Gasteiger partial charge in [0.05, 0.1) is 6.20 Å². The summed E-state index contributed by atoms with van der Waals surface area (Å²) in [6.07, 6.45) is 4.80. The van der Waals surface area contributed by atoms with Crippen molar-refractivity contribution in [3.63, 3.8) is 0 Å². The molecule has 1 N–H and O–H groups in total. The van der Waals surface area contributed by atoms with Gasteiger partial charge in [0, 0.05) is 37.0 Å². The molecule has 0 aliphatic carbocycles. The van der Waals surface area contributed by atoms with Gasteiger partial charge in [0.1, 0.15) is 12.1 Å². The molecule has 0 atom stereocenters. The lowest BCUT2D eigenvalue weighted by Gasteiger charge is -2.32. The van der Waals surface area contributed by atoms with Crippen LogP contribution in [0, 0.1) is 6.92 Å². The van der Waals surface area contributed by atoms with Crippen LogP contribution in [0.25, 0.3) is 0 Å². The number of piperidine rings is 1. The van der Waals surface area contributed by atoms with E-state index in [0.717, 1.165) is 24.4 Å². The molecule has 0 saturated carbocycles. The van der Waals surface area contributed by atoms with Gasteiger partial charge in [0.2, 0.25) is 5.76 Å². The summed E-state index contributed by atoms with van der Waals surface area (Å²) in [5, 5.41) is 6.96. The predicted molar refractivity (Wildman–Crippen MR) is 75.8 cm³/mol. The van der Waals surface area contributed by atoms with Gasteiger partial charge in [0.15, 0.2) is 0 Å². The number of aryl methyl sites for hydroxylation is 1. The monoisotopic (exact) mass is 287 g/mol. The van der Waals surface area contributed by atoms with Gasteiger partial charge in [-0.25, -0.2) is 9.97 Å². The third kappa shape index (κ3) is 3.18. The summed E-state index contributed by atoms with van der Waals surface area (Å²) in [5.41, 5.74) is 0.936. The Kier molecular flexibility index (Phi) is 3.81. The Morgan fingerprint density at radius 2 is 2.19 bits per heavy atom. The Morgan fingerprint density at radius 3 is 2.86 bits per heavy atom.